The molecule has 1 aliphatic rings. The fraction of sp³-hybridized carbons (Fsp3) is 0.818. The van der Waals surface area contributed by atoms with Gasteiger partial charge in [0, 0.05) is 19.0 Å². The van der Waals surface area contributed by atoms with Crippen LogP contribution in [-0.2, 0) is 9.59 Å². The molecule has 1 unspecified atom stereocenters. The minimum Gasteiger partial charge on any atom is -0.481 e. The van der Waals surface area contributed by atoms with E-state index in [4.69, 9.17) is 5.11 Å². The first-order valence-corrected chi connectivity index (χ1v) is 5.81. The zero-order valence-electron chi connectivity index (χ0n) is 9.74. The van der Waals surface area contributed by atoms with Gasteiger partial charge in [0.25, 0.3) is 0 Å². The highest BCUT2D eigenvalue weighted by molar-refractivity contribution is 5.80. The molecule has 0 aromatic heterocycles. The Kier molecular flexibility index (Phi) is 5.25. The van der Waals surface area contributed by atoms with E-state index in [0.29, 0.717) is 0 Å². The average molecular weight is 228 g/mol. The third-order valence-corrected chi connectivity index (χ3v) is 2.70. The highest BCUT2D eigenvalue weighted by atomic mass is 16.4. The summed E-state index contributed by atoms with van der Waals surface area (Å²) in [6, 6.07) is 0.0967. The molecule has 0 radical (unpaired) electrons. The molecule has 92 valence electrons. The normalized spacial score (nSPS) is 18.3. The van der Waals surface area contributed by atoms with Gasteiger partial charge >= 0.3 is 5.97 Å². The van der Waals surface area contributed by atoms with Crippen LogP contribution in [0.3, 0.4) is 0 Å². The van der Waals surface area contributed by atoms with Gasteiger partial charge < -0.3 is 15.3 Å². The first kappa shape index (κ1) is 13.0. The molecular formula is C11H20N2O3. The molecule has 0 spiro atoms. The molecule has 5 nitrogen and oxygen atoms in total. The van der Waals surface area contributed by atoms with Crippen molar-refractivity contribution in [3.05, 3.63) is 0 Å². The lowest BCUT2D eigenvalue weighted by molar-refractivity contribution is -0.138. The number of aliphatic carboxylic acids is 1. The summed E-state index contributed by atoms with van der Waals surface area (Å²) < 4.78 is 0. The second-order valence-electron chi connectivity index (χ2n) is 4.37. The Morgan fingerprint density at radius 3 is 2.50 bits per heavy atom. The molecule has 0 aliphatic carbocycles. The third kappa shape index (κ3) is 5.11. The van der Waals surface area contributed by atoms with Crippen LogP contribution >= 0.6 is 0 Å². The van der Waals surface area contributed by atoms with E-state index in [1.807, 2.05) is 6.92 Å². The fourth-order valence-corrected chi connectivity index (χ4v) is 1.97. The number of likely N-dealkylation sites (tertiary alicyclic amines) is 1. The predicted molar refractivity (Wildman–Crippen MR) is 60.1 cm³/mol. The van der Waals surface area contributed by atoms with Crippen LogP contribution < -0.4 is 5.32 Å². The van der Waals surface area contributed by atoms with Gasteiger partial charge in [-0.25, -0.2) is 0 Å². The second kappa shape index (κ2) is 6.48. The fourth-order valence-electron chi connectivity index (χ4n) is 1.97. The molecule has 1 rings (SSSR count). The highest BCUT2D eigenvalue weighted by Crippen LogP contribution is 2.07. The minimum atomic E-state index is -0.928. The van der Waals surface area contributed by atoms with E-state index >= 15 is 0 Å². The first-order valence-electron chi connectivity index (χ1n) is 5.81. The Labute approximate surface area is 95.8 Å². The van der Waals surface area contributed by atoms with Gasteiger partial charge in [-0.15, -0.1) is 0 Å². The molecule has 1 amide bonds. The van der Waals surface area contributed by atoms with Crippen molar-refractivity contribution in [1.29, 1.82) is 0 Å². The number of carbonyl (C=O) groups is 2. The largest absolute Gasteiger partial charge is 0.481 e. The van der Waals surface area contributed by atoms with Crippen LogP contribution in [0, 0.1) is 0 Å². The molecule has 1 atom stereocenters. The maximum atomic E-state index is 11.3. The van der Waals surface area contributed by atoms with E-state index in [1.165, 1.54) is 12.8 Å². The van der Waals surface area contributed by atoms with Gasteiger partial charge in [0.1, 0.15) is 0 Å². The van der Waals surface area contributed by atoms with Crippen LogP contribution in [0.5, 0.6) is 0 Å². The number of carbonyl (C=O) groups excluding carboxylic acids is 1. The molecule has 1 aliphatic heterocycles. The van der Waals surface area contributed by atoms with Gasteiger partial charge in [-0.05, 0) is 32.9 Å². The number of hydrogen-bond acceptors (Lipinski definition) is 3. The Morgan fingerprint density at radius 1 is 1.31 bits per heavy atom. The number of amides is 1. The van der Waals surface area contributed by atoms with E-state index < -0.39 is 5.97 Å². The van der Waals surface area contributed by atoms with Crippen molar-refractivity contribution in [3.8, 4) is 0 Å². The van der Waals surface area contributed by atoms with Crippen LogP contribution in [0.15, 0.2) is 0 Å². The predicted octanol–water partition coefficient (Wildman–Crippen LogP) is 0.452. The molecule has 5 heteroatoms. The molecule has 0 aromatic rings. The molecule has 0 saturated carbocycles. The van der Waals surface area contributed by atoms with Crippen LogP contribution in [0.25, 0.3) is 0 Å². The molecule has 0 bridgehead atoms. The van der Waals surface area contributed by atoms with Gasteiger partial charge in [0.15, 0.2) is 0 Å². The summed E-state index contributed by atoms with van der Waals surface area (Å²) >= 11 is 0. The lowest BCUT2D eigenvalue weighted by Gasteiger charge is -2.21. The van der Waals surface area contributed by atoms with Gasteiger partial charge in [0.2, 0.25) is 5.91 Å². The Bertz CT molecular complexity index is 250. The number of carboxylic acid groups (broad SMARTS) is 1. The molecular weight excluding hydrogens is 208 g/mol. The van der Waals surface area contributed by atoms with Crippen molar-refractivity contribution in [1.82, 2.24) is 10.2 Å². The summed E-state index contributed by atoms with van der Waals surface area (Å²) in [6.45, 7) is 5.03. The number of hydrogen-bond donors (Lipinski definition) is 2. The van der Waals surface area contributed by atoms with Crippen molar-refractivity contribution < 1.29 is 14.7 Å². The van der Waals surface area contributed by atoms with E-state index in [2.05, 4.69) is 10.2 Å². The van der Waals surface area contributed by atoms with Crippen molar-refractivity contribution in [2.24, 2.45) is 0 Å². The van der Waals surface area contributed by atoms with Gasteiger partial charge in [-0.1, -0.05) is 0 Å². The lowest BCUT2D eigenvalue weighted by atomic mass is 10.2. The molecule has 1 saturated heterocycles. The summed E-state index contributed by atoms with van der Waals surface area (Å²) in [5.74, 6) is -1.10. The van der Waals surface area contributed by atoms with Crippen molar-refractivity contribution >= 4 is 11.9 Å². The van der Waals surface area contributed by atoms with E-state index in [9.17, 15) is 9.59 Å². The summed E-state index contributed by atoms with van der Waals surface area (Å²) in [7, 11) is 0. The van der Waals surface area contributed by atoms with Crippen LogP contribution in [0.4, 0.5) is 0 Å². The third-order valence-electron chi connectivity index (χ3n) is 2.70. The summed E-state index contributed by atoms with van der Waals surface area (Å²) in [5, 5.41) is 11.3. The monoisotopic (exact) mass is 228 g/mol. The molecule has 0 aromatic carbocycles. The first-order chi connectivity index (χ1) is 7.58. The highest BCUT2D eigenvalue weighted by Gasteiger charge is 2.16. The van der Waals surface area contributed by atoms with Gasteiger partial charge in [0.05, 0.1) is 6.42 Å². The number of nitrogens with one attached hydrogen (secondary N) is 1. The number of carboxylic acids is 1. The second-order valence-corrected chi connectivity index (χ2v) is 4.37. The molecule has 1 fully saturated rings. The topological polar surface area (TPSA) is 69.6 Å². The van der Waals surface area contributed by atoms with Crippen molar-refractivity contribution in [3.63, 3.8) is 0 Å². The SMILES string of the molecule is CC(CN1CCCC1)NC(=O)CCC(=O)O. The quantitative estimate of drug-likeness (QED) is 0.692. The number of rotatable bonds is 6. The van der Waals surface area contributed by atoms with Crippen LogP contribution in [0.1, 0.15) is 32.6 Å². The Hall–Kier alpha value is -1.10. The minimum absolute atomic E-state index is 0.0691. The van der Waals surface area contributed by atoms with Gasteiger partial charge in [-0.3, -0.25) is 9.59 Å². The summed E-state index contributed by atoms with van der Waals surface area (Å²) in [5.41, 5.74) is 0. The smallest absolute Gasteiger partial charge is 0.303 e. The standard InChI is InChI=1S/C11H20N2O3/c1-9(8-13-6-2-3-7-13)12-10(14)4-5-11(15)16/h9H,2-8H2,1H3,(H,12,14)(H,15,16). The Morgan fingerprint density at radius 2 is 1.94 bits per heavy atom. The molecule has 1 heterocycles. The van der Waals surface area contributed by atoms with Crippen LogP contribution in [0.2, 0.25) is 0 Å². The average Bonchev–Trinajstić information content (AvgIpc) is 2.67. The van der Waals surface area contributed by atoms with E-state index in [0.717, 1.165) is 19.6 Å². The Balaban J connectivity index is 2.14. The van der Waals surface area contributed by atoms with Gasteiger partial charge in [-0.2, -0.15) is 0 Å². The maximum absolute atomic E-state index is 11.3. The zero-order valence-corrected chi connectivity index (χ0v) is 9.74. The lowest BCUT2D eigenvalue weighted by Crippen LogP contribution is -2.41. The molecule has 16 heavy (non-hydrogen) atoms. The molecule has 2 N–H and O–H groups in total. The van der Waals surface area contributed by atoms with Crippen molar-refractivity contribution in [2.75, 3.05) is 19.6 Å². The van der Waals surface area contributed by atoms with Crippen molar-refractivity contribution in [2.45, 2.75) is 38.6 Å². The van der Waals surface area contributed by atoms with E-state index in [-0.39, 0.29) is 24.8 Å². The summed E-state index contributed by atoms with van der Waals surface area (Å²) in [6.07, 6.45) is 2.45. The maximum Gasteiger partial charge on any atom is 0.303 e. The zero-order chi connectivity index (χ0) is 12.0. The summed E-state index contributed by atoms with van der Waals surface area (Å²) in [4.78, 5) is 23.9. The van der Waals surface area contributed by atoms with E-state index in [1.54, 1.807) is 0 Å². The number of nitrogens with zero attached hydrogens (tertiary/aromatic N) is 1. The van der Waals surface area contributed by atoms with Crippen LogP contribution in [-0.4, -0.2) is 47.6 Å².